The van der Waals surface area contributed by atoms with E-state index in [2.05, 4.69) is 27.0 Å². The Bertz CT molecular complexity index is 684. The van der Waals surface area contributed by atoms with Crippen LogP contribution in [0.5, 0.6) is 5.75 Å². The fraction of sp³-hybridized carbons (Fsp3) is 0.333. The van der Waals surface area contributed by atoms with E-state index in [1.165, 1.54) is 11.3 Å². The summed E-state index contributed by atoms with van der Waals surface area (Å²) >= 11 is 4.98. The van der Waals surface area contributed by atoms with Crippen molar-refractivity contribution in [1.82, 2.24) is 4.98 Å². The Morgan fingerprint density at radius 2 is 2.33 bits per heavy atom. The van der Waals surface area contributed by atoms with Gasteiger partial charge in [-0.25, -0.2) is 4.98 Å². The molecule has 1 aromatic heterocycles. The van der Waals surface area contributed by atoms with Crippen LogP contribution >= 0.6 is 27.3 Å². The van der Waals surface area contributed by atoms with Gasteiger partial charge in [0.1, 0.15) is 11.4 Å². The molecule has 0 spiro atoms. The molecule has 2 N–H and O–H groups in total. The molecule has 6 heteroatoms. The summed E-state index contributed by atoms with van der Waals surface area (Å²) in [6.07, 6.45) is 1.92. The number of ether oxygens (including phenoxy) is 1. The number of carbonyl (C=O) groups excluding carboxylic acids is 1. The normalized spacial score (nSPS) is 13.0. The van der Waals surface area contributed by atoms with Crippen molar-refractivity contribution in [2.24, 2.45) is 5.73 Å². The second-order valence-corrected chi connectivity index (χ2v) is 6.78. The number of thiazole rings is 1. The minimum atomic E-state index is 0.0188. The van der Waals surface area contributed by atoms with Gasteiger partial charge in [-0.1, -0.05) is 15.9 Å². The molecule has 1 aliphatic heterocycles. The first kappa shape index (κ1) is 14.7. The van der Waals surface area contributed by atoms with Crippen molar-refractivity contribution in [1.29, 1.82) is 0 Å². The maximum atomic E-state index is 12.4. The molecule has 1 aliphatic rings. The Kier molecular flexibility index (Phi) is 4.37. The quantitative estimate of drug-likeness (QED) is 0.826. The minimum Gasteiger partial charge on any atom is -0.493 e. The molecule has 0 aliphatic carbocycles. The van der Waals surface area contributed by atoms with E-state index in [0.717, 1.165) is 32.8 Å². The lowest BCUT2D eigenvalue weighted by Crippen LogP contribution is -2.07. The van der Waals surface area contributed by atoms with E-state index in [-0.39, 0.29) is 5.78 Å². The van der Waals surface area contributed by atoms with Crippen LogP contribution in [-0.2, 0) is 19.3 Å². The lowest BCUT2D eigenvalue weighted by Gasteiger charge is -2.07. The van der Waals surface area contributed by atoms with Crippen molar-refractivity contribution in [3.05, 3.63) is 43.8 Å². The third-order valence-corrected chi connectivity index (χ3v) is 4.74. The minimum absolute atomic E-state index is 0.0188. The largest absolute Gasteiger partial charge is 0.493 e. The van der Waals surface area contributed by atoms with Crippen LogP contribution in [0.2, 0.25) is 0 Å². The summed E-state index contributed by atoms with van der Waals surface area (Å²) in [6, 6.07) is 4.01. The van der Waals surface area contributed by atoms with Crippen molar-refractivity contribution in [2.45, 2.75) is 19.3 Å². The molecule has 4 nitrogen and oxygen atoms in total. The zero-order valence-corrected chi connectivity index (χ0v) is 13.8. The van der Waals surface area contributed by atoms with Crippen molar-refractivity contribution in [3.8, 4) is 5.75 Å². The molecule has 0 amide bonds. The summed E-state index contributed by atoms with van der Waals surface area (Å²) in [6.45, 7) is 1.23. The van der Waals surface area contributed by atoms with Crippen molar-refractivity contribution >= 4 is 33.0 Å². The van der Waals surface area contributed by atoms with Gasteiger partial charge < -0.3 is 10.5 Å². The third kappa shape index (κ3) is 3.17. The number of nitrogens with zero attached hydrogens (tertiary/aromatic N) is 1. The molecule has 1 aromatic carbocycles. The second kappa shape index (κ2) is 6.25. The van der Waals surface area contributed by atoms with Crippen LogP contribution in [-0.4, -0.2) is 23.9 Å². The number of Topliss-reactive ketones (excluding diaryl/α,β-unsaturated/α-hetero) is 1. The van der Waals surface area contributed by atoms with Gasteiger partial charge in [0.15, 0.2) is 5.78 Å². The van der Waals surface area contributed by atoms with Crippen molar-refractivity contribution < 1.29 is 9.53 Å². The summed E-state index contributed by atoms with van der Waals surface area (Å²) in [4.78, 5) is 16.7. The highest BCUT2D eigenvalue weighted by Gasteiger charge is 2.20. The fourth-order valence-corrected chi connectivity index (χ4v) is 3.79. The van der Waals surface area contributed by atoms with E-state index in [1.54, 1.807) is 0 Å². The third-order valence-electron chi connectivity index (χ3n) is 3.37. The van der Waals surface area contributed by atoms with Gasteiger partial charge in [0.25, 0.3) is 0 Å². The summed E-state index contributed by atoms with van der Waals surface area (Å²) in [5.41, 5.74) is 8.12. The molecule has 0 saturated heterocycles. The summed E-state index contributed by atoms with van der Waals surface area (Å²) in [7, 11) is 0. The number of aromatic nitrogens is 1. The van der Waals surface area contributed by atoms with Crippen molar-refractivity contribution in [2.75, 3.05) is 13.2 Å². The molecule has 2 heterocycles. The Hall–Kier alpha value is -1.24. The predicted molar refractivity (Wildman–Crippen MR) is 86.2 cm³/mol. The van der Waals surface area contributed by atoms with Gasteiger partial charge in [-0.2, -0.15) is 0 Å². The summed E-state index contributed by atoms with van der Waals surface area (Å²) in [5.74, 6) is 0.884. The predicted octanol–water partition coefficient (Wildman–Crippen LogP) is 2.77. The van der Waals surface area contributed by atoms with Gasteiger partial charge in [0, 0.05) is 34.7 Å². The number of halogens is 1. The molecule has 0 atom stereocenters. The molecule has 0 radical (unpaired) electrons. The van der Waals surface area contributed by atoms with Gasteiger partial charge >= 0.3 is 0 Å². The van der Waals surface area contributed by atoms with Crippen LogP contribution in [0.15, 0.2) is 22.0 Å². The van der Waals surface area contributed by atoms with E-state index < -0.39 is 0 Å². The molecular weight excluding hydrogens is 352 g/mol. The lowest BCUT2D eigenvalue weighted by molar-refractivity contribution is 0.0987. The number of rotatable bonds is 5. The van der Waals surface area contributed by atoms with E-state index in [9.17, 15) is 4.79 Å². The maximum absolute atomic E-state index is 12.4. The Morgan fingerprint density at radius 3 is 3.14 bits per heavy atom. The van der Waals surface area contributed by atoms with Crippen LogP contribution in [0.1, 0.15) is 26.6 Å². The Morgan fingerprint density at radius 1 is 1.48 bits per heavy atom. The van der Waals surface area contributed by atoms with E-state index in [1.807, 2.05) is 11.4 Å². The van der Waals surface area contributed by atoms with E-state index >= 15 is 0 Å². The van der Waals surface area contributed by atoms with Crippen LogP contribution in [0, 0.1) is 0 Å². The average Bonchev–Trinajstić information content (AvgIpc) is 3.07. The summed E-state index contributed by atoms with van der Waals surface area (Å²) < 4.78 is 6.64. The molecule has 0 unspecified atom stereocenters. The molecule has 21 heavy (non-hydrogen) atoms. The molecule has 3 rings (SSSR count). The van der Waals surface area contributed by atoms with E-state index in [0.29, 0.717) is 31.7 Å². The summed E-state index contributed by atoms with van der Waals surface area (Å²) in [5, 5.41) is 2.73. The molecular formula is C15H15BrN2O2S. The second-order valence-electron chi connectivity index (χ2n) is 4.92. The van der Waals surface area contributed by atoms with Gasteiger partial charge in [-0.15, -0.1) is 11.3 Å². The number of fused-ring (bicyclic) bond motifs is 1. The number of ketones is 1. The fourth-order valence-electron chi connectivity index (χ4n) is 2.42. The van der Waals surface area contributed by atoms with Crippen LogP contribution in [0.4, 0.5) is 0 Å². The smallest absolute Gasteiger partial charge is 0.186 e. The molecule has 0 saturated carbocycles. The molecule has 0 bridgehead atoms. The average molecular weight is 367 g/mol. The maximum Gasteiger partial charge on any atom is 0.186 e. The van der Waals surface area contributed by atoms with Gasteiger partial charge in [0.2, 0.25) is 0 Å². The number of benzene rings is 1. The SMILES string of the molecule is NCCc1nc(C(=O)Cc2cc(Br)cc3c2OCC3)cs1. The first-order chi connectivity index (χ1) is 10.2. The highest BCUT2D eigenvalue weighted by atomic mass is 79.9. The highest BCUT2D eigenvalue weighted by molar-refractivity contribution is 9.10. The number of carbonyl (C=O) groups is 1. The first-order valence-corrected chi connectivity index (χ1v) is 8.46. The molecule has 110 valence electrons. The van der Waals surface area contributed by atoms with Crippen molar-refractivity contribution in [3.63, 3.8) is 0 Å². The Balaban J connectivity index is 1.81. The lowest BCUT2D eigenvalue weighted by atomic mass is 10.0. The van der Waals surface area contributed by atoms with Gasteiger partial charge in [-0.05, 0) is 24.2 Å². The Labute approximate surface area is 135 Å². The zero-order chi connectivity index (χ0) is 14.8. The van der Waals surface area contributed by atoms with Gasteiger partial charge in [-0.3, -0.25) is 4.79 Å². The topological polar surface area (TPSA) is 65.2 Å². The van der Waals surface area contributed by atoms with Crippen LogP contribution < -0.4 is 10.5 Å². The first-order valence-electron chi connectivity index (χ1n) is 6.79. The number of hydrogen-bond donors (Lipinski definition) is 1. The van der Waals surface area contributed by atoms with Crippen LogP contribution in [0.25, 0.3) is 0 Å². The monoisotopic (exact) mass is 366 g/mol. The van der Waals surface area contributed by atoms with E-state index in [4.69, 9.17) is 10.5 Å². The van der Waals surface area contributed by atoms with Crippen LogP contribution in [0.3, 0.4) is 0 Å². The number of hydrogen-bond acceptors (Lipinski definition) is 5. The molecule has 0 fully saturated rings. The number of nitrogens with two attached hydrogens (primary N) is 1. The standard InChI is InChI=1S/C15H15BrN2O2S/c16-11-5-9-2-4-20-15(9)10(6-11)7-13(19)12-8-21-14(18-12)1-3-17/h5-6,8H,1-4,7,17H2. The highest BCUT2D eigenvalue weighted by Crippen LogP contribution is 2.33. The van der Waals surface area contributed by atoms with Gasteiger partial charge in [0.05, 0.1) is 11.6 Å². The molecule has 2 aromatic rings. The zero-order valence-electron chi connectivity index (χ0n) is 11.4.